The minimum Gasteiger partial charge on any atom is -0.493 e. The summed E-state index contributed by atoms with van der Waals surface area (Å²) in [5, 5.41) is 3.01. The highest BCUT2D eigenvalue weighted by Crippen LogP contribution is 2.34. The third kappa shape index (κ3) is 6.07. The van der Waals surface area contributed by atoms with Crippen molar-refractivity contribution in [3.05, 3.63) is 65.5 Å². The Bertz CT molecular complexity index is 902. The van der Waals surface area contributed by atoms with E-state index in [0.29, 0.717) is 31.3 Å². The Hall–Kier alpha value is -2.86. The summed E-state index contributed by atoms with van der Waals surface area (Å²) >= 11 is 0. The number of benzene rings is 2. The van der Waals surface area contributed by atoms with Crippen LogP contribution in [0, 0.1) is 5.82 Å². The molecule has 0 spiro atoms. The normalized spacial score (nSPS) is 15.8. The van der Waals surface area contributed by atoms with Crippen LogP contribution in [0.1, 0.15) is 37.8 Å². The molecule has 0 unspecified atom stereocenters. The van der Waals surface area contributed by atoms with Gasteiger partial charge >= 0.3 is 0 Å². The van der Waals surface area contributed by atoms with Gasteiger partial charge in [0.1, 0.15) is 5.82 Å². The number of nitrogens with one attached hydrogen (secondary N) is 1. The van der Waals surface area contributed by atoms with Gasteiger partial charge in [-0.05, 0) is 68.2 Å². The van der Waals surface area contributed by atoms with Crippen LogP contribution in [-0.4, -0.2) is 38.9 Å². The first-order chi connectivity index (χ1) is 14.9. The molecule has 6 heteroatoms. The maximum absolute atomic E-state index is 13.4. The van der Waals surface area contributed by atoms with Gasteiger partial charge in [0.05, 0.1) is 13.2 Å². The Labute approximate surface area is 183 Å². The molecule has 166 valence electrons. The standard InChI is InChI=1S/C25H30FNO4/c1-18(2)31-22-10-4-19(16-23(22)29-3)5-11-24(28)27-17-25(12-14-30-15-13-25)20-6-8-21(26)9-7-20/h4-11,16,18H,12-15,17H2,1-3H3,(H,27,28)/b11-5+. The average Bonchev–Trinajstić information content (AvgIpc) is 2.77. The van der Waals surface area contributed by atoms with Crippen LogP contribution < -0.4 is 14.8 Å². The molecule has 2 aromatic rings. The summed E-state index contributed by atoms with van der Waals surface area (Å²) in [5.74, 6) is 0.834. The van der Waals surface area contributed by atoms with Crippen LogP contribution in [0.15, 0.2) is 48.5 Å². The molecule has 1 saturated heterocycles. The van der Waals surface area contributed by atoms with Crippen molar-refractivity contribution >= 4 is 12.0 Å². The van der Waals surface area contributed by atoms with E-state index in [1.54, 1.807) is 25.3 Å². The maximum Gasteiger partial charge on any atom is 0.244 e. The van der Waals surface area contributed by atoms with Gasteiger partial charge in [-0.15, -0.1) is 0 Å². The Morgan fingerprint density at radius 2 is 1.87 bits per heavy atom. The zero-order valence-electron chi connectivity index (χ0n) is 18.3. The molecule has 1 aliphatic rings. The molecule has 1 aliphatic heterocycles. The monoisotopic (exact) mass is 427 g/mol. The number of ether oxygens (including phenoxy) is 3. The molecule has 0 radical (unpaired) electrons. The minimum atomic E-state index is -0.266. The number of rotatable bonds is 8. The van der Waals surface area contributed by atoms with Gasteiger partial charge in [-0.1, -0.05) is 18.2 Å². The van der Waals surface area contributed by atoms with Crippen molar-refractivity contribution in [1.82, 2.24) is 5.32 Å². The fourth-order valence-electron chi connectivity index (χ4n) is 3.76. The van der Waals surface area contributed by atoms with Gasteiger partial charge in [0, 0.05) is 31.2 Å². The lowest BCUT2D eigenvalue weighted by Crippen LogP contribution is -2.44. The Morgan fingerprint density at radius 3 is 2.52 bits per heavy atom. The van der Waals surface area contributed by atoms with Crippen molar-refractivity contribution in [3.63, 3.8) is 0 Å². The maximum atomic E-state index is 13.4. The molecule has 0 bridgehead atoms. The zero-order chi connectivity index (χ0) is 22.3. The summed E-state index contributed by atoms with van der Waals surface area (Å²) in [5.41, 5.74) is 1.60. The molecule has 31 heavy (non-hydrogen) atoms. The fourth-order valence-corrected chi connectivity index (χ4v) is 3.76. The van der Waals surface area contributed by atoms with Crippen LogP contribution in [0.4, 0.5) is 4.39 Å². The number of carbonyl (C=O) groups excluding carboxylic acids is 1. The van der Waals surface area contributed by atoms with Gasteiger partial charge in [0.2, 0.25) is 5.91 Å². The van der Waals surface area contributed by atoms with Crippen LogP contribution in [-0.2, 0) is 14.9 Å². The van der Waals surface area contributed by atoms with E-state index in [1.807, 2.05) is 32.0 Å². The van der Waals surface area contributed by atoms with E-state index >= 15 is 0 Å². The second-order valence-electron chi connectivity index (χ2n) is 8.03. The molecule has 1 heterocycles. The third-order valence-electron chi connectivity index (χ3n) is 5.49. The number of amides is 1. The van der Waals surface area contributed by atoms with Crippen LogP contribution in [0.3, 0.4) is 0 Å². The predicted molar refractivity (Wildman–Crippen MR) is 119 cm³/mol. The minimum absolute atomic E-state index is 0.0414. The van der Waals surface area contributed by atoms with E-state index in [9.17, 15) is 9.18 Å². The average molecular weight is 428 g/mol. The Balaban J connectivity index is 1.66. The first-order valence-electron chi connectivity index (χ1n) is 10.6. The highest BCUT2D eigenvalue weighted by molar-refractivity contribution is 5.91. The van der Waals surface area contributed by atoms with Gasteiger partial charge in [0.15, 0.2) is 11.5 Å². The lowest BCUT2D eigenvalue weighted by Gasteiger charge is -2.37. The molecule has 5 nitrogen and oxygen atoms in total. The van der Waals surface area contributed by atoms with Gasteiger partial charge < -0.3 is 19.5 Å². The first kappa shape index (κ1) is 22.8. The summed E-state index contributed by atoms with van der Waals surface area (Å²) in [6, 6.07) is 12.1. The molecule has 0 aromatic heterocycles. The second kappa shape index (κ2) is 10.4. The second-order valence-corrected chi connectivity index (χ2v) is 8.03. The number of hydrogen-bond donors (Lipinski definition) is 1. The summed E-state index contributed by atoms with van der Waals surface area (Å²) < 4.78 is 30.0. The van der Waals surface area contributed by atoms with Crippen LogP contribution >= 0.6 is 0 Å². The van der Waals surface area contributed by atoms with E-state index in [1.165, 1.54) is 18.2 Å². The zero-order valence-corrected chi connectivity index (χ0v) is 18.3. The van der Waals surface area contributed by atoms with E-state index in [2.05, 4.69) is 5.32 Å². The van der Waals surface area contributed by atoms with Crippen molar-refractivity contribution in [2.45, 2.75) is 38.2 Å². The van der Waals surface area contributed by atoms with Crippen LogP contribution in [0.25, 0.3) is 6.08 Å². The molecule has 1 N–H and O–H groups in total. The van der Waals surface area contributed by atoms with E-state index in [-0.39, 0.29) is 23.2 Å². The first-order valence-corrected chi connectivity index (χ1v) is 10.6. The topological polar surface area (TPSA) is 56.8 Å². The third-order valence-corrected chi connectivity index (χ3v) is 5.49. The largest absolute Gasteiger partial charge is 0.493 e. The quantitative estimate of drug-likeness (QED) is 0.631. The molecule has 0 saturated carbocycles. The lowest BCUT2D eigenvalue weighted by molar-refractivity contribution is -0.116. The van der Waals surface area contributed by atoms with Crippen molar-refractivity contribution in [2.24, 2.45) is 0 Å². The smallest absolute Gasteiger partial charge is 0.244 e. The number of halogens is 1. The number of hydrogen-bond acceptors (Lipinski definition) is 4. The number of methoxy groups -OCH3 is 1. The summed E-state index contributed by atoms with van der Waals surface area (Å²) in [7, 11) is 1.59. The molecule has 0 atom stereocenters. The van der Waals surface area contributed by atoms with Gasteiger partial charge in [-0.2, -0.15) is 0 Å². The van der Waals surface area contributed by atoms with Gasteiger partial charge in [-0.25, -0.2) is 4.39 Å². The van der Waals surface area contributed by atoms with E-state index in [0.717, 1.165) is 24.0 Å². The van der Waals surface area contributed by atoms with Gasteiger partial charge in [0.25, 0.3) is 0 Å². The van der Waals surface area contributed by atoms with Crippen molar-refractivity contribution < 1.29 is 23.4 Å². The van der Waals surface area contributed by atoms with Crippen molar-refractivity contribution in [1.29, 1.82) is 0 Å². The summed E-state index contributed by atoms with van der Waals surface area (Å²) in [4.78, 5) is 12.5. The fraction of sp³-hybridized carbons (Fsp3) is 0.400. The van der Waals surface area contributed by atoms with Crippen molar-refractivity contribution in [2.75, 3.05) is 26.9 Å². The Kier molecular flexibility index (Phi) is 7.69. The lowest BCUT2D eigenvalue weighted by atomic mass is 9.74. The van der Waals surface area contributed by atoms with Gasteiger partial charge in [-0.3, -0.25) is 4.79 Å². The van der Waals surface area contributed by atoms with Crippen LogP contribution in [0.5, 0.6) is 11.5 Å². The van der Waals surface area contributed by atoms with Crippen molar-refractivity contribution in [3.8, 4) is 11.5 Å². The number of carbonyl (C=O) groups is 1. The molecular weight excluding hydrogens is 397 g/mol. The molecule has 3 rings (SSSR count). The molecule has 2 aromatic carbocycles. The van der Waals surface area contributed by atoms with Crippen LogP contribution in [0.2, 0.25) is 0 Å². The molecule has 0 aliphatic carbocycles. The summed E-state index contributed by atoms with van der Waals surface area (Å²) in [6.45, 7) is 5.61. The highest BCUT2D eigenvalue weighted by Gasteiger charge is 2.34. The molecular formula is C25H30FNO4. The molecule has 1 amide bonds. The molecule has 1 fully saturated rings. The Morgan fingerprint density at radius 1 is 1.16 bits per heavy atom. The SMILES string of the molecule is COc1cc(/C=C/C(=O)NCC2(c3ccc(F)cc3)CCOCC2)ccc1OC(C)C. The predicted octanol–water partition coefficient (Wildman–Crippen LogP) is 4.50. The summed E-state index contributed by atoms with van der Waals surface area (Å²) in [6.07, 6.45) is 4.84. The van der Waals surface area contributed by atoms with E-state index < -0.39 is 0 Å². The highest BCUT2D eigenvalue weighted by atomic mass is 19.1. The van der Waals surface area contributed by atoms with E-state index in [4.69, 9.17) is 14.2 Å².